The minimum Gasteiger partial charge on any atom is -0.390 e. The number of aliphatic hydroxyl groups excluding tert-OH is 2. The lowest BCUT2D eigenvalue weighted by atomic mass is 10.2. The van der Waals surface area contributed by atoms with Gasteiger partial charge in [0.25, 0.3) is 5.56 Å². The van der Waals surface area contributed by atoms with Gasteiger partial charge in [-0.2, -0.15) is 0 Å². The third-order valence-electron chi connectivity index (χ3n) is 3.01. The summed E-state index contributed by atoms with van der Waals surface area (Å²) in [5.74, 6) is 0. The molecular weight excluding hydrogens is 212 g/mol. The molecule has 1 aromatic heterocycles. The van der Waals surface area contributed by atoms with Gasteiger partial charge in [-0.1, -0.05) is 0 Å². The third-order valence-corrected chi connectivity index (χ3v) is 3.01. The van der Waals surface area contributed by atoms with E-state index in [0.717, 1.165) is 0 Å². The first-order chi connectivity index (χ1) is 7.49. The van der Waals surface area contributed by atoms with Crippen LogP contribution >= 0.6 is 0 Å². The second kappa shape index (κ2) is 3.88. The van der Waals surface area contributed by atoms with Crippen LogP contribution in [0.1, 0.15) is 24.4 Å². The Morgan fingerprint density at radius 2 is 1.88 bits per heavy atom. The van der Waals surface area contributed by atoms with E-state index < -0.39 is 23.5 Å². The SMILES string of the molecule is Cc1cn(C2C[C@H](O)[C@@H](O)C2)c(=O)[nH]c1=O. The van der Waals surface area contributed by atoms with Gasteiger partial charge in [-0.05, 0) is 19.8 Å². The highest BCUT2D eigenvalue weighted by molar-refractivity contribution is 5.03. The molecule has 0 amide bonds. The highest BCUT2D eigenvalue weighted by atomic mass is 16.3. The van der Waals surface area contributed by atoms with Gasteiger partial charge >= 0.3 is 5.69 Å². The van der Waals surface area contributed by atoms with E-state index in [1.807, 2.05) is 0 Å². The summed E-state index contributed by atoms with van der Waals surface area (Å²) in [6.45, 7) is 1.61. The van der Waals surface area contributed by atoms with Crippen LogP contribution in [-0.4, -0.2) is 32.0 Å². The number of aromatic nitrogens is 2. The predicted octanol–water partition coefficient (Wildman–Crippen LogP) is -1.10. The van der Waals surface area contributed by atoms with Gasteiger partial charge < -0.3 is 10.2 Å². The van der Waals surface area contributed by atoms with Crippen molar-refractivity contribution in [3.8, 4) is 0 Å². The first-order valence-electron chi connectivity index (χ1n) is 5.17. The number of hydrogen-bond donors (Lipinski definition) is 3. The zero-order valence-electron chi connectivity index (χ0n) is 8.88. The van der Waals surface area contributed by atoms with Gasteiger partial charge in [-0.3, -0.25) is 14.3 Å². The molecule has 16 heavy (non-hydrogen) atoms. The summed E-state index contributed by atoms with van der Waals surface area (Å²) in [6.07, 6.45) is 0.517. The number of rotatable bonds is 1. The topological polar surface area (TPSA) is 95.3 Å². The van der Waals surface area contributed by atoms with Crippen LogP contribution in [0.3, 0.4) is 0 Å². The van der Waals surface area contributed by atoms with Gasteiger partial charge in [0.2, 0.25) is 0 Å². The first-order valence-corrected chi connectivity index (χ1v) is 5.17. The van der Waals surface area contributed by atoms with Crippen molar-refractivity contribution in [1.29, 1.82) is 0 Å². The molecule has 0 saturated heterocycles. The average molecular weight is 226 g/mol. The number of aromatic amines is 1. The summed E-state index contributed by atoms with van der Waals surface area (Å²) in [7, 11) is 0. The molecule has 6 heteroatoms. The molecule has 1 aliphatic rings. The van der Waals surface area contributed by atoms with Crippen molar-refractivity contribution in [3.05, 3.63) is 32.6 Å². The molecule has 1 aromatic rings. The lowest BCUT2D eigenvalue weighted by Crippen LogP contribution is -2.32. The zero-order chi connectivity index (χ0) is 11.9. The van der Waals surface area contributed by atoms with E-state index in [4.69, 9.17) is 0 Å². The maximum absolute atomic E-state index is 11.5. The predicted molar refractivity (Wildman–Crippen MR) is 56.3 cm³/mol. The Hall–Kier alpha value is -1.40. The molecule has 0 aromatic carbocycles. The molecule has 2 atom stereocenters. The van der Waals surface area contributed by atoms with E-state index >= 15 is 0 Å². The van der Waals surface area contributed by atoms with E-state index in [-0.39, 0.29) is 6.04 Å². The van der Waals surface area contributed by atoms with E-state index in [1.165, 1.54) is 10.8 Å². The van der Waals surface area contributed by atoms with Gasteiger partial charge in [0.15, 0.2) is 0 Å². The maximum atomic E-state index is 11.5. The average Bonchev–Trinajstić information content (AvgIpc) is 2.53. The molecule has 1 aliphatic carbocycles. The molecule has 0 spiro atoms. The summed E-state index contributed by atoms with van der Waals surface area (Å²) in [5.41, 5.74) is -0.460. The fourth-order valence-electron chi connectivity index (χ4n) is 2.05. The summed E-state index contributed by atoms with van der Waals surface area (Å²) >= 11 is 0. The van der Waals surface area contributed by atoms with Crippen molar-refractivity contribution in [2.75, 3.05) is 0 Å². The number of hydrogen-bond acceptors (Lipinski definition) is 4. The van der Waals surface area contributed by atoms with Crippen molar-refractivity contribution in [2.24, 2.45) is 0 Å². The van der Waals surface area contributed by atoms with Crippen LogP contribution in [0.5, 0.6) is 0 Å². The van der Waals surface area contributed by atoms with Crippen molar-refractivity contribution in [2.45, 2.75) is 38.0 Å². The van der Waals surface area contributed by atoms with E-state index in [0.29, 0.717) is 18.4 Å². The number of aryl methyl sites for hydroxylation is 1. The van der Waals surface area contributed by atoms with Crippen LogP contribution in [0.15, 0.2) is 15.8 Å². The second-order valence-corrected chi connectivity index (χ2v) is 4.24. The number of nitrogens with one attached hydrogen (secondary N) is 1. The minimum absolute atomic E-state index is 0.256. The standard InChI is InChI=1S/C10H14N2O4/c1-5-4-12(10(16)11-9(5)15)6-2-7(13)8(14)3-6/h4,6-8,13-14H,2-3H2,1H3,(H,11,15,16)/t7-,8-/m0/s1. The van der Waals surface area contributed by atoms with Gasteiger partial charge in [-0.15, -0.1) is 0 Å². The first kappa shape index (κ1) is 11.1. The summed E-state index contributed by atoms with van der Waals surface area (Å²) in [6, 6.07) is -0.256. The molecule has 0 radical (unpaired) electrons. The fourth-order valence-corrected chi connectivity index (χ4v) is 2.05. The van der Waals surface area contributed by atoms with Crippen molar-refractivity contribution in [3.63, 3.8) is 0 Å². The zero-order valence-corrected chi connectivity index (χ0v) is 8.88. The normalized spacial score (nSPS) is 26.2. The highest BCUT2D eigenvalue weighted by Gasteiger charge is 2.33. The molecule has 1 heterocycles. The number of nitrogens with zero attached hydrogens (tertiary/aromatic N) is 1. The molecule has 88 valence electrons. The van der Waals surface area contributed by atoms with E-state index in [2.05, 4.69) is 4.98 Å². The Balaban J connectivity index is 2.39. The van der Waals surface area contributed by atoms with Crippen LogP contribution in [0.25, 0.3) is 0 Å². The molecule has 6 nitrogen and oxygen atoms in total. The second-order valence-electron chi connectivity index (χ2n) is 4.24. The van der Waals surface area contributed by atoms with Crippen LogP contribution in [0, 0.1) is 6.92 Å². The molecular formula is C10H14N2O4. The number of aliphatic hydroxyl groups is 2. The Bertz CT molecular complexity index is 494. The van der Waals surface area contributed by atoms with Crippen LogP contribution in [0.2, 0.25) is 0 Å². The highest BCUT2D eigenvalue weighted by Crippen LogP contribution is 2.28. The summed E-state index contributed by atoms with van der Waals surface area (Å²) in [5, 5.41) is 18.8. The Labute approximate surface area is 91.2 Å². The molecule has 2 rings (SSSR count). The molecule has 1 fully saturated rings. The Morgan fingerprint density at radius 3 is 2.44 bits per heavy atom. The largest absolute Gasteiger partial charge is 0.390 e. The molecule has 3 N–H and O–H groups in total. The fraction of sp³-hybridized carbons (Fsp3) is 0.600. The van der Waals surface area contributed by atoms with E-state index in [1.54, 1.807) is 6.92 Å². The Kier molecular flexibility index (Phi) is 2.69. The summed E-state index contributed by atoms with van der Waals surface area (Å²) in [4.78, 5) is 24.9. The molecule has 0 bridgehead atoms. The van der Waals surface area contributed by atoms with Gasteiger partial charge in [-0.25, -0.2) is 4.79 Å². The van der Waals surface area contributed by atoms with E-state index in [9.17, 15) is 19.8 Å². The molecule has 0 unspecified atom stereocenters. The lowest BCUT2D eigenvalue weighted by molar-refractivity contribution is 0.0438. The van der Waals surface area contributed by atoms with Crippen molar-refractivity contribution < 1.29 is 10.2 Å². The number of H-pyrrole nitrogens is 1. The summed E-state index contributed by atoms with van der Waals surface area (Å²) < 4.78 is 1.37. The van der Waals surface area contributed by atoms with Crippen LogP contribution in [-0.2, 0) is 0 Å². The van der Waals surface area contributed by atoms with Crippen LogP contribution < -0.4 is 11.2 Å². The smallest absolute Gasteiger partial charge is 0.328 e. The lowest BCUT2D eigenvalue weighted by Gasteiger charge is -2.12. The van der Waals surface area contributed by atoms with Crippen molar-refractivity contribution in [1.82, 2.24) is 9.55 Å². The van der Waals surface area contributed by atoms with Crippen molar-refractivity contribution >= 4 is 0 Å². The minimum atomic E-state index is -0.802. The van der Waals surface area contributed by atoms with Gasteiger partial charge in [0.1, 0.15) is 0 Å². The van der Waals surface area contributed by atoms with Crippen LogP contribution in [0.4, 0.5) is 0 Å². The monoisotopic (exact) mass is 226 g/mol. The maximum Gasteiger partial charge on any atom is 0.328 e. The molecule has 1 saturated carbocycles. The van der Waals surface area contributed by atoms with Gasteiger partial charge in [0.05, 0.1) is 12.2 Å². The Morgan fingerprint density at radius 1 is 1.31 bits per heavy atom. The quantitative estimate of drug-likeness (QED) is 0.566. The third kappa shape index (κ3) is 1.81. The molecule has 0 aliphatic heterocycles. The van der Waals surface area contributed by atoms with Gasteiger partial charge in [0, 0.05) is 17.8 Å².